The van der Waals surface area contributed by atoms with Gasteiger partial charge in [-0.25, -0.2) is 0 Å². The Labute approximate surface area is 215 Å². The third-order valence-electron chi connectivity index (χ3n) is 6.18. The number of hydrogen-bond donors (Lipinski definition) is 3. The Balaban J connectivity index is 1.73. The summed E-state index contributed by atoms with van der Waals surface area (Å²) in [6, 6.07) is 15.8. The first-order valence-corrected chi connectivity index (χ1v) is 12.0. The molecule has 1 aromatic heterocycles. The molecule has 0 saturated heterocycles. The highest BCUT2D eigenvalue weighted by atomic mass is 79.9. The van der Waals surface area contributed by atoms with Crippen LogP contribution >= 0.6 is 27.5 Å². The maximum absolute atomic E-state index is 13.6. The number of nitrogens with one attached hydrogen (secondary N) is 1. The molecular weight excluding hydrogens is 534 g/mol. The van der Waals surface area contributed by atoms with Crippen molar-refractivity contribution in [3.05, 3.63) is 92.0 Å². The second kappa shape index (κ2) is 8.94. The van der Waals surface area contributed by atoms with E-state index in [0.717, 1.165) is 11.1 Å². The number of aromatic amines is 1. The van der Waals surface area contributed by atoms with Crippen molar-refractivity contribution in [1.29, 1.82) is 0 Å². The average molecular weight is 555 g/mol. The van der Waals surface area contributed by atoms with Gasteiger partial charge in [-0.15, -0.1) is 0 Å². The van der Waals surface area contributed by atoms with Gasteiger partial charge in [0.25, 0.3) is 5.91 Å². The lowest BCUT2D eigenvalue weighted by Gasteiger charge is -2.27. The molecule has 0 aliphatic carbocycles. The van der Waals surface area contributed by atoms with Gasteiger partial charge in [0.05, 0.1) is 17.6 Å². The molecule has 35 heavy (non-hydrogen) atoms. The number of halogens is 2. The molecule has 7 nitrogen and oxygen atoms in total. The Morgan fingerprint density at radius 2 is 1.91 bits per heavy atom. The van der Waals surface area contributed by atoms with E-state index in [1.165, 1.54) is 7.11 Å². The summed E-state index contributed by atoms with van der Waals surface area (Å²) in [4.78, 5) is 15.3. The quantitative estimate of drug-likeness (QED) is 0.282. The normalized spacial score (nSPS) is 14.9. The van der Waals surface area contributed by atoms with E-state index in [-0.39, 0.29) is 23.2 Å². The zero-order valence-corrected chi connectivity index (χ0v) is 21.2. The minimum absolute atomic E-state index is 0.0124. The highest BCUT2D eigenvalue weighted by Crippen LogP contribution is 2.48. The molecule has 0 bridgehead atoms. The van der Waals surface area contributed by atoms with Crippen molar-refractivity contribution >= 4 is 33.4 Å². The molecule has 1 unspecified atom stereocenters. The number of fused-ring (bicyclic) bond motifs is 1. The number of hydrogen-bond acceptors (Lipinski definition) is 5. The number of rotatable bonds is 5. The van der Waals surface area contributed by atoms with Gasteiger partial charge < -0.3 is 19.8 Å². The molecule has 0 radical (unpaired) electrons. The van der Waals surface area contributed by atoms with Crippen molar-refractivity contribution in [1.82, 2.24) is 15.1 Å². The third kappa shape index (κ3) is 3.92. The predicted octanol–water partition coefficient (Wildman–Crippen LogP) is 5.97. The zero-order valence-electron chi connectivity index (χ0n) is 18.8. The Bertz CT molecular complexity index is 1450. The van der Waals surface area contributed by atoms with Crippen LogP contribution < -0.4 is 4.74 Å². The fraction of sp³-hybridized carbons (Fsp3) is 0.154. The summed E-state index contributed by atoms with van der Waals surface area (Å²) in [5.41, 5.74) is 4.18. The smallest absolute Gasteiger partial charge is 0.273 e. The number of nitrogens with zero attached hydrogens (tertiary/aromatic N) is 2. The number of ether oxygens (including phenoxy) is 1. The summed E-state index contributed by atoms with van der Waals surface area (Å²) in [6.07, 6.45) is 0. The fourth-order valence-corrected chi connectivity index (χ4v) is 5.08. The van der Waals surface area contributed by atoms with Crippen molar-refractivity contribution in [2.24, 2.45) is 0 Å². The molecular formula is C26H21BrClN3O4. The number of carbonyl (C=O) groups is 1. The first-order chi connectivity index (χ1) is 16.8. The molecule has 0 saturated carbocycles. The topological polar surface area (TPSA) is 98.7 Å². The van der Waals surface area contributed by atoms with Gasteiger partial charge in [-0.05, 0) is 63.8 Å². The van der Waals surface area contributed by atoms with Crippen molar-refractivity contribution in [2.45, 2.75) is 19.5 Å². The molecule has 1 aliphatic rings. The number of H-pyrrole nitrogens is 1. The number of phenolic OH excluding ortho intramolecular Hbond substituents is 2. The van der Waals surface area contributed by atoms with Crippen LogP contribution in [0, 0.1) is 6.92 Å². The van der Waals surface area contributed by atoms with Gasteiger partial charge in [0, 0.05) is 22.7 Å². The van der Waals surface area contributed by atoms with Crippen molar-refractivity contribution in [3.8, 4) is 28.5 Å². The number of phenols is 2. The maximum atomic E-state index is 13.6. The number of methoxy groups -OCH3 is 1. The largest absolute Gasteiger partial charge is 0.507 e. The summed E-state index contributed by atoms with van der Waals surface area (Å²) in [6.45, 7) is 2.14. The van der Waals surface area contributed by atoms with Crippen LogP contribution in [-0.4, -0.2) is 38.3 Å². The van der Waals surface area contributed by atoms with Crippen molar-refractivity contribution in [2.75, 3.05) is 7.11 Å². The van der Waals surface area contributed by atoms with E-state index in [9.17, 15) is 15.0 Å². The summed E-state index contributed by atoms with van der Waals surface area (Å²) < 4.78 is 5.80. The van der Waals surface area contributed by atoms with Crippen LogP contribution in [0.1, 0.15) is 38.8 Å². The lowest BCUT2D eigenvalue weighted by molar-refractivity contribution is 0.0730. The number of aryl methyl sites for hydroxylation is 1. The molecule has 3 aromatic carbocycles. The van der Waals surface area contributed by atoms with Gasteiger partial charge in [0.1, 0.15) is 17.1 Å². The third-order valence-corrected chi connectivity index (χ3v) is 7.19. The monoisotopic (exact) mass is 553 g/mol. The number of benzene rings is 3. The van der Waals surface area contributed by atoms with Crippen molar-refractivity contribution < 1.29 is 19.7 Å². The first kappa shape index (κ1) is 23.3. The fourth-order valence-electron chi connectivity index (χ4n) is 4.45. The Morgan fingerprint density at radius 1 is 1.17 bits per heavy atom. The van der Waals surface area contributed by atoms with Crippen LogP contribution in [-0.2, 0) is 6.54 Å². The van der Waals surface area contributed by atoms with Gasteiger partial charge in [-0.3, -0.25) is 9.89 Å². The second-order valence-corrected chi connectivity index (χ2v) is 9.62. The Kier molecular flexibility index (Phi) is 5.94. The second-order valence-electron chi connectivity index (χ2n) is 8.35. The predicted molar refractivity (Wildman–Crippen MR) is 136 cm³/mol. The first-order valence-electron chi connectivity index (χ1n) is 10.8. The average Bonchev–Trinajstić information content (AvgIpc) is 3.38. The molecule has 0 fully saturated rings. The maximum Gasteiger partial charge on any atom is 0.273 e. The van der Waals surface area contributed by atoms with Gasteiger partial charge in [-0.1, -0.05) is 41.9 Å². The molecule has 1 atom stereocenters. The lowest BCUT2D eigenvalue weighted by Crippen LogP contribution is -2.29. The van der Waals surface area contributed by atoms with Crippen LogP contribution in [0.15, 0.2) is 59.1 Å². The molecule has 4 aromatic rings. The van der Waals surface area contributed by atoms with Crippen LogP contribution in [0.25, 0.3) is 11.3 Å². The van der Waals surface area contributed by atoms with Gasteiger partial charge in [0.2, 0.25) is 0 Å². The SMILES string of the molecule is COc1cc(C2c3c(-c4cc(Cl)c(C)cc4O)n[nH]c3C(=O)N2Cc2ccccc2)cc(Br)c1O. The number of aromatic nitrogens is 2. The molecule has 0 spiro atoms. The summed E-state index contributed by atoms with van der Waals surface area (Å²) >= 11 is 9.77. The van der Waals surface area contributed by atoms with E-state index in [2.05, 4.69) is 26.1 Å². The van der Waals surface area contributed by atoms with Crippen LogP contribution in [0.3, 0.4) is 0 Å². The van der Waals surface area contributed by atoms with Gasteiger partial charge >= 0.3 is 0 Å². The molecule has 9 heteroatoms. The molecule has 1 aliphatic heterocycles. The minimum Gasteiger partial charge on any atom is -0.507 e. The summed E-state index contributed by atoms with van der Waals surface area (Å²) in [7, 11) is 1.47. The summed E-state index contributed by atoms with van der Waals surface area (Å²) in [5.74, 6) is 0.0128. The van der Waals surface area contributed by atoms with Crippen LogP contribution in [0.5, 0.6) is 17.2 Å². The highest BCUT2D eigenvalue weighted by Gasteiger charge is 2.43. The highest BCUT2D eigenvalue weighted by molar-refractivity contribution is 9.10. The minimum atomic E-state index is -0.572. The standard InChI is InChI=1S/C26H21BrClN3O4/c1-13-8-19(32)16(11-18(13)28)22-21-23(30-29-22)26(34)31(12-14-6-4-3-5-7-14)24(21)15-9-17(27)25(33)20(10-15)35-2/h3-11,24,32-33H,12H2,1-2H3,(H,29,30). The van der Waals surface area contributed by atoms with E-state index >= 15 is 0 Å². The van der Waals surface area contributed by atoms with E-state index in [0.29, 0.717) is 44.1 Å². The molecule has 178 valence electrons. The van der Waals surface area contributed by atoms with Crippen LogP contribution in [0.4, 0.5) is 0 Å². The van der Waals surface area contributed by atoms with E-state index < -0.39 is 6.04 Å². The van der Waals surface area contributed by atoms with Crippen LogP contribution in [0.2, 0.25) is 5.02 Å². The molecule has 2 heterocycles. The number of aromatic hydroxyl groups is 2. The molecule has 1 amide bonds. The molecule has 5 rings (SSSR count). The van der Waals surface area contributed by atoms with Gasteiger partial charge in [0.15, 0.2) is 11.5 Å². The summed E-state index contributed by atoms with van der Waals surface area (Å²) in [5, 5.41) is 28.9. The van der Waals surface area contributed by atoms with Crippen molar-refractivity contribution in [3.63, 3.8) is 0 Å². The number of carbonyl (C=O) groups excluding carboxylic acids is 1. The zero-order chi connectivity index (χ0) is 24.9. The molecule has 3 N–H and O–H groups in total. The Hall–Kier alpha value is -3.49. The van der Waals surface area contributed by atoms with E-state index in [1.54, 1.807) is 36.1 Å². The van der Waals surface area contributed by atoms with E-state index in [4.69, 9.17) is 16.3 Å². The Morgan fingerprint density at radius 3 is 2.63 bits per heavy atom. The number of amides is 1. The van der Waals surface area contributed by atoms with Gasteiger partial charge in [-0.2, -0.15) is 5.10 Å². The van der Waals surface area contributed by atoms with E-state index in [1.807, 2.05) is 30.3 Å². The lowest BCUT2D eigenvalue weighted by atomic mass is 9.94.